The molecule has 18 heavy (non-hydrogen) atoms. The summed E-state index contributed by atoms with van der Waals surface area (Å²) >= 11 is 0. The van der Waals surface area contributed by atoms with Gasteiger partial charge in [-0.15, -0.1) is 0 Å². The van der Waals surface area contributed by atoms with Crippen LogP contribution in [-0.4, -0.2) is 15.0 Å². The molecule has 0 aliphatic carbocycles. The lowest BCUT2D eigenvalue weighted by Crippen LogP contribution is -2.16. The summed E-state index contributed by atoms with van der Waals surface area (Å²) in [6.45, 7) is 6.35. The molecular weight excluding hydrogens is 224 g/mol. The Hall–Kier alpha value is -1.97. The van der Waals surface area contributed by atoms with Gasteiger partial charge in [-0.1, -0.05) is 20.8 Å². The largest absolute Gasteiger partial charge is 0.384 e. The van der Waals surface area contributed by atoms with Crippen LogP contribution in [0.1, 0.15) is 37.9 Å². The second-order valence-corrected chi connectivity index (χ2v) is 5.38. The predicted octanol–water partition coefficient (Wildman–Crippen LogP) is 2.34. The summed E-state index contributed by atoms with van der Waals surface area (Å²) in [7, 11) is 0. The monoisotopic (exact) mass is 242 g/mol. The van der Waals surface area contributed by atoms with Gasteiger partial charge in [-0.25, -0.2) is 9.97 Å². The first-order valence-corrected chi connectivity index (χ1v) is 5.98. The molecule has 0 aromatic carbocycles. The van der Waals surface area contributed by atoms with Crippen molar-refractivity contribution in [3.05, 3.63) is 47.7 Å². The minimum absolute atomic E-state index is 0.0238. The van der Waals surface area contributed by atoms with Crippen LogP contribution in [0.15, 0.2) is 30.6 Å². The van der Waals surface area contributed by atoms with Crippen LogP contribution >= 0.6 is 0 Å². The average molecular weight is 242 g/mol. The van der Waals surface area contributed by atoms with Gasteiger partial charge in [-0.2, -0.15) is 0 Å². The molecule has 0 saturated carbocycles. The van der Waals surface area contributed by atoms with Crippen molar-refractivity contribution in [3.8, 4) is 0 Å². The van der Waals surface area contributed by atoms with Gasteiger partial charge in [0.25, 0.3) is 0 Å². The summed E-state index contributed by atoms with van der Waals surface area (Å²) in [6.07, 6.45) is 4.22. The molecule has 0 aliphatic heterocycles. The highest BCUT2D eigenvalue weighted by molar-refractivity contribution is 5.33. The third-order valence-corrected chi connectivity index (χ3v) is 2.67. The Morgan fingerprint density at radius 2 is 1.78 bits per heavy atom. The number of nitrogens with two attached hydrogens (primary N) is 1. The SMILES string of the molecule is CC(C)(C)c1cc(N)nc(Cc2ccncc2)n1. The van der Waals surface area contributed by atoms with E-state index in [0.717, 1.165) is 17.1 Å². The van der Waals surface area contributed by atoms with Crippen molar-refractivity contribution < 1.29 is 0 Å². The van der Waals surface area contributed by atoms with Crippen LogP contribution in [0, 0.1) is 0 Å². The average Bonchev–Trinajstić information content (AvgIpc) is 2.28. The molecule has 0 aliphatic rings. The Bertz CT molecular complexity index is 529. The van der Waals surface area contributed by atoms with Crippen LogP contribution in [0.2, 0.25) is 0 Å². The predicted molar refractivity (Wildman–Crippen MR) is 72.2 cm³/mol. The highest BCUT2D eigenvalue weighted by Crippen LogP contribution is 2.21. The third-order valence-electron chi connectivity index (χ3n) is 2.67. The van der Waals surface area contributed by atoms with E-state index in [1.165, 1.54) is 0 Å². The summed E-state index contributed by atoms with van der Waals surface area (Å²) < 4.78 is 0. The van der Waals surface area contributed by atoms with E-state index in [2.05, 4.69) is 35.7 Å². The lowest BCUT2D eigenvalue weighted by atomic mass is 9.92. The number of hydrogen-bond acceptors (Lipinski definition) is 4. The standard InChI is InChI=1S/C14H18N4/c1-14(2,3)11-9-12(15)18-13(17-11)8-10-4-6-16-7-5-10/h4-7,9H,8H2,1-3H3,(H2,15,17,18). The fourth-order valence-corrected chi connectivity index (χ4v) is 1.66. The van der Waals surface area contributed by atoms with Crippen molar-refractivity contribution in [2.75, 3.05) is 5.73 Å². The summed E-state index contributed by atoms with van der Waals surface area (Å²) in [4.78, 5) is 12.9. The minimum atomic E-state index is -0.0238. The van der Waals surface area contributed by atoms with E-state index in [0.29, 0.717) is 12.2 Å². The maximum atomic E-state index is 5.85. The van der Waals surface area contributed by atoms with Gasteiger partial charge in [0, 0.05) is 30.3 Å². The van der Waals surface area contributed by atoms with E-state index >= 15 is 0 Å². The van der Waals surface area contributed by atoms with Gasteiger partial charge < -0.3 is 5.73 Å². The molecule has 2 heterocycles. The summed E-state index contributed by atoms with van der Waals surface area (Å²) in [5, 5.41) is 0. The first-order chi connectivity index (χ1) is 8.45. The van der Waals surface area contributed by atoms with Crippen LogP contribution in [0.4, 0.5) is 5.82 Å². The topological polar surface area (TPSA) is 64.7 Å². The van der Waals surface area contributed by atoms with Crippen molar-refractivity contribution in [3.63, 3.8) is 0 Å². The van der Waals surface area contributed by atoms with Gasteiger partial charge in [0.05, 0.1) is 5.69 Å². The molecule has 94 valence electrons. The van der Waals surface area contributed by atoms with E-state index < -0.39 is 0 Å². The highest BCUT2D eigenvalue weighted by atomic mass is 14.9. The van der Waals surface area contributed by atoms with Crippen molar-refractivity contribution in [1.82, 2.24) is 15.0 Å². The van der Waals surface area contributed by atoms with E-state index in [4.69, 9.17) is 5.73 Å². The molecule has 0 fully saturated rings. The zero-order valence-corrected chi connectivity index (χ0v) is 11.0. The maximum absolute atomic E-state index is 5.85. The molecular formula is C14H18N4. The van der Waals surface area contributed by atoms with Gasteiger partial charge in [0.15, 0.2) is 0 Å². The van der Waals surface area contributed by atoms with Crippen LogP contribution < -0.4 is 5.73 Å². The normalized spacial score (nSPS) is 11.5. The molecule has 2 aromatic rings. The Morgan fingerprint density at radius 1 is 1.11 bits per heavy atom. The van der Waals surface area contributed by atoms with Crippen molar-refractivity contribution >= 4 is 5.82 Å². The van der Waals surface area contributed by atoms with Gasteiger partial charge >= 0.3 is 0 Å². The third kappa shape index (κ3) is 3.03. The zero-order valence-electron chi connectivity index (χ0n) is 11.0. The van der Waals surface area contributed by atoms with Crippen LogP contribution in [-0.2, 0) is 11.8 Å². The van der Waals surface area contributed by atoms with Gasteiger partial charge in [-0.3, -0.25) is 4.98 Å². The van der Waals surface area contributed by atoms with Crippen molar-refractivity contribution in [1.29, 1.82) is 0 Å². The fourth-order valence-electron chi connectivity index (χ4n) is 1.66. The second kappa shape index (κ2) is 4.72. The number of aromatic nitrogens is 3. The van der Waals surface area contributed by atoms with Crippen LogP contribution in [0.5, 0.6) is 0 Å². The Morgan fingerprint density at radius 3 is 2.39 bits per heavy atom. The van der Waals surface area contributed by atoms with E-state index in [9.17, 15) is 0 Å². The Labute approximate surface area is 107 Å². The Balaban J connectivity index is 2.32. The zero-order chi connectivity index (χ0) is 13.2. The van der Waals surface area contributed by atoms with E-state index in [1.54, 1.807) is 12.4 Å². The number of anilines is 1. The minimum Gasteiger partial charge on any atom is -0.384 e. The Kier molecular flexibility index (Phi) is 3.28. The highest BCUT2D eigenvalue weighted by Gasteiger charge is 2.17. The first kappa shape index (κ1) is 12.5. The summed E-state index contributed by atoms with van der Waals surface area (Å²) in [5.41, 5.74) is 7.93. The van der Waals surface area contributed by atoms with E-state index in [1.807, 2.05) is 18.2 Å². The lowest BCUT2D eigenvalue weighted by molar-refractivity contribution is 0.563. The number of pyridine rings is 1. The van der Waals surface area contributed by atoms with Gasteiger partial charge in [-0.05, 0) is 17.7 Å². The molecule has 4 nitrogen and oxygen atoms in total. The molecule has 0 saturated heterocycles. The fraction of sp³-hybridized carbons (Fsp3) is 0.357. The lowest BCUT2D eigenvalue weighted by Gasteiger charge is -2.18. The van der Waals surface area contributed by atoms with Crippen LogP contribution in [0.3, 0.4) is 0 Å². The van der Waals surface area contributed by atoms with Gasteiger partial charge in [0.2, 0.25) is 0 Å². The van der Waals surface area contributed by atoms with Crippen molar-refractivity contribution in [2.45, 2.75) is 32.6 Å². The maximum Gasteiger partial charge on any atom is 0.135 e. The number of nitrogen functional groups attached to an aromatic ring is 1. The molecule has 0 bridgehead atoms. The summed E-state index contributed by atoms with van der Waals surface area (Å²) in [6, 6.07) is 5.77. The van der Waals surface area contributed by atoms with Gasteiger partial charge in [0.1, 0.15) is 11.6 Å². The second-order valence-electron chi connectivity index (χ2n) is 5.38. The van der Waals surface area contributed by atoms with Crippen molar-refractivity contribution in [2.24, 2.45) is 0 Å². The van der Waals surface area contributed by atoms with E-state index in [-0.39, 0.29) is 5.41 Å². The smallest absolute Gasteiger partial charge is 0.135 e. The number of nitrogens with zero attached hydrogens (tertiary/aromatic N) is 3. The summed E-state index contributed by atoms with van der Waals surface area (Å²) in [5.74, 6) is 1.28. The number of rotatable bonds is 2. The molecule has 0 amide bonds. The molecule has 2 aromatic heterocycles. The molecule has 2 rings (SSSR count). The molecule has 4 heteroatoms. The van der Waals surface area contributed by atoms with Crippen LogP contribution in [0.25, 0.3) is 0 Å². The molecule has 0 radical (unpaired) electrons. The molecule has 0 unspecified atom stereocenters. The molecule has 2 N–H and O–H groups in total. The number of hydrogen-bond donors (Lipinski definition) is 1. The first-order valence-electron chi connectivity index (χ1n) is 5.98. The molecule has 0 spiro atoms. The quantitative estimate of drug-likeness (QED) is 0.878. The molecule has 0 atom stereocenters.